The van der Waals surface area contributed by atoms with Crippen LogP contribution in [0.15, 0.2) is 18.5 Å². The van der Waals surface area contributed by atoms with E-state index < -0.39 is 0 Å². The highest BCUT2D eigenvalue weighted by molar-refractivity contribution is 7.80. The number of nitrogens with zero attached hydrogens (tertiary/aromatic N) is 2. The Morgan fingerprint density at radius 1 is 1.73 bits per heavy atom. The van der Waals surface area contributed by atoms with E-state index in [0.29, 0.717) is 5.56 Å². The topological polar surface area (TPSA) is 36.7 Å². The molecule has 0 amide bonds. The van der Waals surface area contributed by atoms with Gasteiger partial charge in [-0.25, -0.2) is 0 Å². The predicted octanol–water partition coefficient (Wildman–Crippen LogP) is 1.94. The van der Waals surface area contributed by atoms with Crippen LogP contribution in [0, 0.1) is 11.3 Å². The molecule has 2 nitrogen and oxygen atoms in total. The van der Waals surface area contributed by atoms with Gasteiger partial charge in [-0.15, -0.1) is 0 Å². The molecule has 0 aliphatic rings. The zero-order chi connectivity index (χ0) is 8.27. The maximum atomic E-state index is 8.66. The highest BCUT2D eigenvalue weighted by atomic mass is 32.1. The zero-order valence-corrected chi connectivity index (χ0v) is 7.05. The standard InChI is InChI=1S/C8H8N2S/c1-6(11)8-5-10-3-2-7(8)4-9/h2-3,5-6,11H,1H3. The first-order valence-corrected chi connectivity index (χ1v) is 3.79. The van der Waals surface area contributed by atoms with Crippen LogP contribution in [0.1, 0.15) is 23.3 Å². The van der Waals surface area contributed by atoms with Crippen LogP contribution in [-0.2, 0) is 0 Å². The van der Waals surface area contributed by atoms with Gasteiger partial charge < -0.3 is 0 Å². The Morgan fingerprint density at radius 3 is 2.91 bits per heavy atom. The molecular weight excluding hydrogens is 156 g/mol. The van der Waals surface area contributed by atoms with Crippen molar-refractivity contribution in [1.29, 1.82) is 5.26 Å². The third kappa shape index (κ3) is 1.72. The van der Waals surface area contributed by atoms with Crippen LogP contribution >= 0.6 is 12.6 Å². The van der Waals surface area contributed by atoms with Crippen molar-refractivity contribution in [3.05, 3.63) is 29.6 Å². The number of rotatable bonds is 1. The Hall–Kier alpha value is -1.01. The quantitative estimate of drug-likeness (QED) is 0.644. The van der Waals surface area contributed by atoms with Crippen molar-refractivity contribution in [3.63, 3.8) is 0 Å². The van der Waals surface area contributed by atoms with Gasteiger partial charge in [0, 0.05) is 23.2 Å². The molecule has 1 rings (SSSR count). The molecular formula is C8H8N2S. The summed E-state index contributed by atoms with van der Waals surface area (Å²) in [6.07, 6.45) is 3.29. The number of hydrogen-bond donors (Lipinski definition) is 1. The summed E-state index contributed by atoms with van der Waals surface area (Å²) in [7, 11) is 0. The van der Waals surface area contributed by atoms with Gasteiger partial charge in [-0.2, -0.15) is 17.9 Å². The lowest BCUT2D eigenvalue weighted by atomic mass is 10.1. The largest absolute Gasteiger partial charge is 0.264 e. The molecule has 1 atom stereocenters. The van der Waals surface area contributed by atoms with E-state index in [1.807, 2.05) is 6.92 Å². The van der Waals surface area contributed by atoms with Gasteiger partial charge >= 0.3 is 0 Å². The van der Waals surface area contributed by atoms with Crippen molar-refractivity contribution in [3.8, 4) is 6.07 Å². The van der Waals surface area contributed by atoms with Gasteiger partial charge in [0.1, 0.15) is 0 Å². The molecule has 0 bridgehead atoms. The molecule has 0 fully saturated rings. The van der Waals surface area contributed by atoms with Gasteiger partial charge in [-0.1, -0.05) is 0 Å². The maximum absolute atomic E-state index is 8.66. The van der Waals surface area contributed by atoms with E-state index in [1.54, 1.807) is 18.5 Å². The van der Waals surface area contributed by atoms with Gasteiger partial charge in [0.15, 0.2) is 0 Å². The van der Waals surface area contributed by atoms with E-state index in [9.17, 15) is 0 Å². The van der Waals surface area contributed by atoms with E-state index in [4.69, 9.17) is 5.26 Å². The third-order valence-electron chi connectivity index (χ3n) is 1.42. The Morgan fingerprint density at radius 2 is 2.45 bits per heavy atom. The van der Waals surface area contributed by atoms with Crippen LogP contribution in [-0.4, -0.2) is 4.98 Å². The van der Waals surface area contributed by atoms with Crippen LogP contribution in [0.5, 0.6) is 0 Å². The van der Waals surface area contributed by atoms with Gasteiger partial charge in [0.2, 0.25) is 0 Å². The first kappa shape index (κ1) is 8.09. The molecule has 0 saturated heterocycles. The lowest BCUT2D eigenvalue weighted by Crippen LogP contribution is -1.90. The van der Waals surface area contributed by atoms with Gasteiger partial charge in [0.05, 0.1) is 11.6 Å². The number of aromatic nitrogens is 1. The molecule has 1 unspecified atom stereocenters. The Bertz CT molecular complexity index is 288. The summed E-state index contributed by atoms with van der Waals surface area (Å²) in [4.78, 5) is 3.91. The molecule has 0 aliphatic heterocycles. The number of nitriles is 1. The average molecular weight is 164 g/mol. The highest BCUT2D eigenvalue weighted by Crippen LogP contribution is 2.20. The first-order valence-electron chi connectivity index (χ1n) is 3.27. The average Bonchev–Trinajstić information content (AvgIpc) is 2.04. The third-order valence-corrected chi connectivity index (χ3v) is 1.70. The second-order valence-electron chi connectivity index (χ2n) is 2.25. The Kier molecular flexibility index (Phi) is 2.50. The molecule has 3 heteroatoms. The monoisotopic (exact) mass is 164 g/mol. The Labute approximate surface area is 71.3 Å². The highest BCUT2D eigenvalue weighted by Gasteiger charge is 2.04. The van der Waals surface area contributed by atoms with Crippen LogP contribution in [0.3, 0.4) is 0 Å². The molecule has 0 aromatic carbocycles. The second-order valence-corrected chi connectivity index (χ2v) is 3.03. The predicted molar refractivity (Wildman–Crippen MR) is 46.4 cm³/mol. The first-order chi connectivity index (χ1) is 5.25. The van der Waals surface area contributed by atoms with Gasteiger partial charge in [-0.3, -0.25) is 4.98 Å². The molecule has 0 N–H and O–H groups in total. The van der Waals surface area contributed by atoms with Crippen molar-refractivity contribution in [2.45, 2.75) is 12.2 Å². The molecule has 11 heavy (non-hydrogen) atoms. The maximum Gasteiger partial charge on any atom is 0.0996 e. The van der Waals surface area contributed by atoms with Crippen molar-refractivity contribution >= 4 is 12.6 Å². The van der Waals surface area contributed by atoms with Crippen molar-refractivity contribution in [2.75, 3.05) is 0 Å². The molecule has 0 aliphatic carbocycles. The van der Waals surface area contributed by atoms with E-state index >= 15 is 0 Å². The van der Waals surface area contributed by atoms with E-state index in [-0.39, 0.29) is 5.25 Å². The fraction of sp³-hybridized carbons (Fsp3) is 0.250. The summed E-state index contributed by atoms with van der Waals surface area (Å²) in [5, 5.41) is 8.72. The minimum atomic E-state index is 0.0679. The molecule has 0 spiro atoms. The minimum Gasteiger partial charge on any atom is -0.264 e. The van der Waals surface area contributed by atoms with Crippen molar-refractivity contribution in [1.82, 2.24) is 4.98 Å². The number of thiol groups is 1. The summed E-state index contributed by atoms with van der Waals surface area (Å²) in [6.45, 7) is 1.92. The van der Waals surface area contributed by atoms with Crippen molar-refractivity contribution in [2.24, 2.45) is 0 Å². The summed E-state index contributed by atoms with van der Waals surface area (Å²) in [6, 6.07) is 3.78. The molecule has 0 radical (unpaired) electrons. The minimum absolute atomic E-state index is 0.0679. The number of hydrogen-bond acceptors (Lipinski definition) is 3. The van der Waals surface area contributed by atoms with E-state index in [1.165, 1.54) is 0 Å². The molecule has 56 valence electrons. The second kappa shape index (κ2) is 3.40. The van der Waals surface area contributed by atoms with Crippen LogP contribution in [0.4, 0.5) is 0 Å². The van der Waals surface area contributed by atoms with Gasteiger partial charge in [-0.05, 0) is 13.0 Å². The fourth-order valence-electron chi connectivity index (χ4n) is 0.841. The fourth-order valence-corrected chi connectivity index (χ4v) is 1.05. The number of pyridine rings is 1. The zero-order valence-electron chi connectivity index (χ0n) is 6.15. The SMILES string of the molecule is CC(S)c1cnccc1C#N. The van der Waals surface area contributed by atoms with E-state index in [2.05, 4.69) is 23.7 Å². The lowest BCUT2D eigenvalue weighted by Gasteiger charge is -2.03. The van der Waals surface area contributed by atoms with Gasteiger partial charge in [0.25, 0.3) is 0 Å². The lowest BCUT2D eigenvalue weighted by molar-refractivity contribution is 1.07. The molecule has 0 saturated carbocycles. The molecule has 1 aromatic heterocycles. The normalized spacial score (nSPS) is 12.1. The summed E-state index contributed by atoms with van der Waals surface area (Å²) in [5.74, 6) is 0. The van der Waals surface area contributed by atoms with E-state index in [0.717, 1.165) is 5.56 Å². The van der Waals surface area contributed by atoms with Crippen LogP contribution < -0.4 is 0 Å². The summed E-state index contributed by atoms with van der Waals surface area (Å²) < 4.78 is 0. The van der Waals surface area contributed by atoms with Crippen molar-refractivity contribution < 1.29 is 0 Å². The summed E-state index contributed by atoms with van der Waals surface area (Å²) >= 11 is 4.22. The summed E-state index contributed by atoms with van der Waals surface area (Å²) in [5.41, 5.74) is 1.54. The molecule has 1 heterocycles. The van der Waals surface area contributed by atoms with Crippen LogP contribution in [0.25, 0.3) is 0 Å². The van der Waals surface area contributed by atoms with Crippen LogP contribution in [0.2, 0.25) is 0 Å². The molecule has 1 aromatic rings. The Balaban J connectivity index is 3.15. The smallest absolute Gasteiger partial charge is 0.0996 e.